The number of rotatable bonds is 6. The average Bonchev–Trinajstić information content (AvgIpc) is 2.46. The summed E-state index contributed by atoms with van der Waals surface area (Å²) in [5, 5.41) is 7.23. The second-order valence-corrected chi connectivity index (χ2v) is 5.41. The smallest absolute Gasteiger partial charge is 0.243 e. The third-order valence-electron chi connectivity index (χ3n) is 3.00. The Hall–Kier alpha value is -2.48. The highest BCUT2D eigenvalue weighted by Crippen LogP contribution is 2.19. The predicted molar refractivity (Wildman–Crippen MR) is 85.2 cm³/mol. The number of amides is 3. The molecule has 0 fully saturated rings. The van der Waals surface area contributed by atoms with Crippen LogP contribution in [0.5, 0.6) is 0 Å². The fourth-order valence-corrected chi connectivity index (χ4v) is 1.68. The Morgan fingerprint density at radius 1 is 1.22 bits per heavy atom. The highest BCUT2D eigenvalue weighted by Gasteiger charge is 2.17. The number of halogens is 1. The van der Waals surface area contributed by atoms with Gasteiger partial charge in [0.1, 0.15) is 5.82 Å². The van der Waals surface area contributed by atoms with E-state index in [9.17, 15) is 18.8 Å². The van der Waals surface area contributed by atoms with Gasteiger partial charge < -0.3 is 21.7 Å². The van der Waals surface area contributed by atoms with Crippen LogP contribution in [0.15, 0.2) is 18.2 Å². The number of anilines is 2. The normalized spacial score (nSPS) is 11.7. The second kappa shape index (κ2) is 8.23. The van der Waals surface area contributed by atoms with Crippen molar-refractivity contribution in [1.82, 2.24) is 5.32 Å². The van der Waals surface area contributed by atoms with E-state index >= 15 is 0 Å². The van der Waals surface area contributed by atoms with Crippen LogP contribution in [0, 0.1) is 11.7 Å². The Labute approximate surface area is 133 Å². The maximum absolute atomic E-state index is 13.5. The van der Waals surface area contributed by atoms with Crippen molar-refractivity contribution in [3.05, 3.63) is 24.0 Å². The zero-order valence-electron chi connectivity index (χ0n) is 13.3. The van der Waals surface area contributed by atoms with Gasteiger partial charge in [0.15, 0.2) is 0 Å². The van der Waals surface area contributed by atoms with Gasteiger partial charge in [-0.25, -0.2) is 4.39 Å². The van der Waals surface area contributed by atoms with Gasteiger partial charge in [-0.05, 0) is 24.1 Å². The number of hydrogen-bond donors (Lipinski definition) is 4. The zero-order chi connectivity index (χ0) is 17.6. The molecule has 0 aliphatic heterocycles. The molecular formula is C15H21FN4O3. The standard InChI is InChI=1S/C15H21FN4O3/c1-8(2)14(17)15(23)18-7-13(22)20-10-4-5-11(16)12(6-10)19-9(3)21/h4-6,8,14H,7,17H2,1-3H3,(H,18,23)(H,19,21)(H,20,22)/t14-/m0/s1. The molecule has 23 heavy (non-hydrogen) atoms. The molecule has 0 aromatic heterocycles. The Kier molecular flexibility index (Phi) is 6.65. The zero-order valence-corrected chi connectivity index (χ0v) is 13.3. The molecule has 0 saturated heterocycles. The van der Waals surface area contributed by atoms with E-state index < -0.39 is 29.6 Å². The van der Waals surface area contributed by atoms with Crippen LogP contribution in [0.3, 0.4) is 0 Å². The van der Waals surface area contributed by atoms with E-state index in [1.165, 1.54) is 19.1 Å². The quantitative estimate of drug-likeness (QED) is 0.620. The second-order valence-electron chi connectivity index (χ2n) is 5.41. The SMILES string of the molecule is CC(=O)Nc1cc(NC(=O)CNC(=O)[C@@H](N)C(C)C)ccc1F. The number of carbonyl (C=O) groups excluding carboxylic acids is 3. The Morgan fingerprint density at radius 2 is 1.87 bits per heavy atom. The van der Waals surface area contributed by atoms with Crippen LogP contribution in [0.1, 0.15) is 20.8 Å². The predicted octanol–water partition coefficient (Wildman–Crippen LogP) is 0.822. The first kappa shape index (κ1) is 18.6. The van der Waals surface area contributed by atoms with E-state index in [2.05, 4.69) is 16.0 Å². The van der Waals surface area contributed by atoms with Crippen LogP contribution in [-0.2, 0) is 14.4 Å². The lowest BCUT2D eigenvalue weighted by Gasteiger charge is -2.15. The number of nitrogens with one attached hydrogen (secondary N) is 3. The van der Waals surface area contributed by atoms with Gasteiger partial charge in [-0.3, -0.25) is 14.4 Å². The summed E-state index contributed by atoms with van der Waals surface area (Å²) in [6.07, 6.45) is 0. The van der Waals surface area contributed by atoms with E-state index in [1.807, 2.05) is 0 Å². The van der Waals surface area contributed by atoms with Crippen molar-refractivity contribution in [2.24, 2.45) is 11.7 Å². The third kappa shape index (κ3) is 6.03. The molecule has 7 nitrogen and oxygen atoms in total. The molecule has 0 aliphatic carbocycles. The molecule has 1 rings (SSSR count). The van der Waals surface area contributed by atoms with Gasteiger partial charge in [0.2, 0.25) is 17.7 Å². The Morgan fingerprint density at radius 3 is 2.43 bits per heavy atom. The number of hydrogen-bond acceptors (Lipinski definition) is 4. The molecule has 5 N–H and O–H groups in total. The van der Waals surface area contributed by atoms with Crippen molar-refractivity contribution in [2.45, 2.75) is 26.8 Å². The van der Waals surface area contributed by atoms with E-state index in [0.29, 0.717) is 5.69 Å². The van der Waals surface area contributed by atoms with Gasteiger partial charge >= 0.3 is 0 Å². The van der Waals surface area contributed by atoms with E-state index in [0.717, 1.165) is 6.07 Å². The first-order valence-corrected chi connectivity index (χ1v) is 7.11. The molecule has 1 atom stereocenters. The topological polar surface area (TPSA) is 113 Å². The monoisotopic (exact) mass is 324 g/mol. The van der Waals surface area contributed by atoms with Gasteiger partial charge in [-0.2, -0.15) is 0 Å². The molecule has 0 radical (unpaired) electrons. The summed E-state index contributed by atoms with van der Waals surface area (Å²) in [6, 6.07) is 3.06. The fourth-order valence-electron chi connectivity index (χ4n) is 1.68. The highest BCUT2D eigenvalue weighted by molar-refractivity contribution is 5.96. The van der Waals surface area contributed by atoms with Crippen molar-refractivity contribution in [3.8, 4) is 0 Å². The molecule has 0 spiro atoms. The van der Waals surface area contributed by atoms with Gasteiger partial charge in [0.05, 0.1) is 18.3 Å². The first-order valence-electron chi connectivity index (χ1n) is 7.11. The summed E-state index contributed by atoms with van der Waals surface area (Å²) in [6.45, 7) is 4.59. The largest absolute Gasteiger partial charge is 0.346 e. The Bertz CT molecular complexity index is 604. The summed E-state index contributed by atoms with van der Waals surface area (Å²) in [5.74, 6) is -2.00. The molecule has 1 aromatic carbocycles. The average molecular weight is 324 g/mol. The summed E-state index contributed by atoms with van der Waals surface area (Å²) >= 11 is 0. The lowest BCUT2D eigenvalue weighted by atomic mass is 10.1. The van der Waals surface area contributed by atoms with Crippen LogP contribution >= 0.6 is 0 Å². The van der Waals surface area contributed by atoms with Crippen LogP contribution < -0.4 is 21.7 Å². The minimum atomic E-state index is -0.694. The summed E-state index contributed by atoms with van der Waals surface area (Å²) < 4.78 is 13.5. The van der Waals surface area contributed by atoms with Gasteiger partial charge in [0, 0.05) is 12.6 Å². The van der Waals surface area contributed by atoms with Crippen LogP contribution in [-0.4, -0.2) is 30.3 Å². The molecule has 0 aliphatic rings. The lowest BCUT2D eigenvalue weighted by molar-refractivity contribution is -0.125. The minimum Gasteiger partial charge on any atom is -0.346 e. The molecule has 3 amide bonds. The third-order valence-corrected chi connectivity index (χ3v) is 3.00. The highest BCUT2D eigenvalue weighted by atomic mass is 19.1. The molecular weight excluding hydrogens is 303 g/mol. The molecule has 0 unspecified atom stereocenters. The van der Waals surface area contributed by atoms with Crippen LogP contribution in [0.25, 0.3) is 0 Å². The minimum absolute atomic E-state index is 0.0406. The van der Waals surface area contributed by atoms with E-state index in [4.69, 9.17) is 5.73 Å². The van der Waals surface area contributed by atoms with E-state index in [1.54, 1.807) is 13.8 Å². The lowest BCUT2D eigenvalue weighted by Crippen LogP contribution is -2.46. The van der Waals surface area contributed by atoms with E-state index in [-0.39, 0.29) is 18.2 Å². The van der Waals surface area contributed by atoms with Crippen molar-refractivity contribution in [2.75, 3.05) is 17.2 Å². The molecule has 126 valence electrons. The van der Waals surface area contributed by atoms with Crippen LogP contribution in [0.4, 0.5) is 15.8 Å². The molecule has 0 saturated carbocycles. The summed E-state index contributed by atoms with van der Waals surface area (Å²) in [7, 11) is 0. The Balaban J connectivity index is 2.61. The van der Waals surface area contributed by atoms with Crippen LogP contribution in [0.2, 0.25) is 0 Å². The first-order chi connectivity index (χ1) is 10.7. The van der Waals surface area contributed by atoms with Gasteiger partial charge in [-0.1, -0.05) is 13.8 Å². The fraction of sp³-hybridized carbons (Fsp3) is 0.400. The summed E-state index contributed by atoms with van der Waals surface area (Å²) in [4.78, 5) is 34.4. The van der Waals surface area contributed by atoms with Crippen molar-refractivity contribution < 1.29 is 18.8 Å². The number of benzene rings is 1. The molecule has 0 heterocycles. The van der Waals surface area contributed by atoms with Crippen molar-refractivity contribution in [1.29, 1.82) is 0 Å². The summed E-state index contributed by atoms with van der Waals surface area (Å²) in [5.41, 5.74) is 5.91. The van der Waals surface area contributed by atoms with Gasteiger partial charge in [0.25, 0.3) is 0 Å². The number of carbonyl (C=O) groups is 3. The molecule has 8 heteroatoms. The maximum Gasteiger partial charge on any atom is 0.243 e. The van der Waals surface area contributed by atoms with Crippen molar-refractivity contribution in [3.63, 3.8) is 0 Å². The molecule has 0 bridgehead atoms. The maximum atomic E-state index is 13.5. The van der Waals surface area contributed by atoms with Crippen molar-refractivity contribution >= 4 is 29.1 Å². The molecule has 1 aromatic rings. The van der Waals surface area contributed by atoms with Gasteiger partial charge in [-0.15, -0.1) is 0 Å². The number of nitrogens with two attached hydrogens (primary N) is 1.